The molecule has 3 N–H and O–H groups in total. The molecule has 1 aromatic heterocycles. The first kappa shape index (κ1) is 35.6. The number of β-lactam (4-membered cyclic amide) rings is 1. The van der Waals surface area contributed by atoms with Gasteiger partial charge in [-0.3, -0.25) is 19.5 Å². The Hall–Kier alpha value is -3.39. The third-order valence-electron chi connectivity index (χ3n) is 5.00. The second kappa shape index (κ2) is 18.8. The normalized spacial score (nSPS) is 16.9. The van der Waals surface area contributed by atoms with Crippen LogP contribution in [-0.4, -0.2) is 68.4 Å². The van der Waals surface area contributed by atoms with E-state index in [0.717, 1.165) is 25.1 Å². The Labute approximate surface area is 247 Å². The molecule has 2 unspecified atom stereocenters. The molecule has 0 saturated carbocycles. The number of aliphatic carboxylic acids is 1. The minimum Gasteiger partial charge on any atom is -0.477 e. The number of aromatic nitrogens is 1. The van der Waals surface area contributed by atoms with Gasteiger partial charge in [-0.1, -0.05) is 27.7 Å². The zero-order valence-electron chi connectivity index (χ0n) is 22.3. The number of terminal acetylenes is 2. The number of carbonyl (C=O) groups is 3. The van der Waals surface area contributed by atoms with Crippen LogP contribution in [0.25, 0.3) is 10.9 Å². The number of anilines is 1. The zero-order valence-corrected chi connectivity index (χ0v) is 25.3. The number of rotatable bonds is 6. The quantitative estimate of drug-likeness (QED) is 0.181. The molecule has 4 rings (SSSR count). The molecule has 0 radical (unpaired) electrons. The maximum atomic E-state index is 12.4. The van der Waals surface area contributed by atoms with Gasteiger partial charge >= 0.3 is 5.97 Å². The first-order valence-electron chi connectivity index (χ1n) is 11.9. The predicted octanol–water partition coefficient (Wildman–Crippen LogP) is 4.26. The van der Waals surface area contributed by atoms with Gasteiger partial charge in [-0.15, -0.1) is 37.5 Å². The molecule has 2 aliphatic rings. The standard InChI is InChI=1S/C20H17IN4O5S.2C2H6.2C2H2/c21-11-1-2-12-14(3-4-22-15(12)5-11)23-7-16(27)24-6-13-18(28)25-17(20(29)30)10(8-26)9-31-19(13)25;4*1-2/h1-6,13,19,26H,7-9H2,(H,22,23)(H,29,30);2*1-2H3;2*1-2H. The largest absolute Gasteiger partial charge is 0.477 e. The van der Waals surface area contributed by atoms with Crippen molar-refractivity contribution in [3.05, 3.63) is 45.3 Å². The number of nitrogens with zero attached hydrogens (tertiary/aromatic N) is 3. The number of aliphatic hydroxyl groups excluding tert-OH is 1. The number of aliphatic hydroxyl groups is 1. The van der Waals surface area contributed by atoms with Gasteiger partial charge in [0.1, 0.15) is 11.6 Å². The predicted molar refractivity (Wildman–Crippen MR) is 167 cm³/mol. The van der Waals surface area contributed by atoms with Gasteiger partial charge < -0.3 is 15.5 Å². The van der Waals surface area contributed by atoms with E-state index in [4.69, 9.17) is 0 Å². The molecule has 3 heterocycles. The van der Waals surface area contributed by atoms with Gasteiger partial charge in [0.25, 0.3) is 5.91 Å². The minimum atomic E-state index is -1.25. The van der Waals surface area contributed by atoms with Gasteiger partial charge in [-0.2, -0.15) is 0 Å². The highest BCUT2D eigenvalue weighted by atomic mass is 127. The zero-order chi connectivity index (χ0) is 30.1. The van der Waals surface area contributed by atoms with E-state index < -0.39 is 35.7 Å². The molecule has 11 heteroatoms. The average molecular weight is 665 g/mol. The third-order valence-corrected chi connectivity index (χ3v) is 7.03. The monoisotopic (exact) mass is 664 g/mol. The highest BCUT2D eigenvalue weighted by Crippen LogP contribution is 2.42. The number of amides is 2. The van der Waals surface area contributed by atoms with Crippen LogP contribution in [0.2, 0.25) is 0 Å². The molecule has 1 fully saturated rings. The number of hydrogen-bond acceptors (Lipinski definition) is 7. The number of carboxylic acid groups (broad SMARTS) is 1. The molecule has 0 spiro atoms. The van der Waals surface area contributed by atoms with E-state index in [2.05, 4.69) is 63.6 Å². The lowest BCUT2D eigenvalue weighted by Gasteiger charge is -2.48. The summed E-state index contributed by atoms with van der Waals surface area (Å²) in [4.78, 5) is 45.5. The van der Waals surface area contributed by atoms with Crippen molar-refractivity contribution in [3.8, 4) is 25.7 Å². The number of pyridine rings is 1. The summed E-state index contributed by atoms with van der Waals surface area (Å²) in [5, 5.41) is 22.2. The molecule has 0 aliphatic carbocycles. The first-order valence-corrected chi connectivity index (χ1v) is 14.1. The van der Waals surface area contributed by atoms with Crippen LogP contribution in [0.5, 0.6) is 0 Å². The number of thioether (sulfide) groups is 1. The Morgan fingerprint density at radius 2 is 1.85 bits per heavy atom. The summed E-state index contributed by atoms with van der Waals surface area (Å²) in [6.07, 6.45) is 18.9. The van der Waals surface area contributed by atoms with Crippen molar-refractivity contribution in [1.82, 2.24) is 9.88 Å². The van der Waals surface area contributed by atoms with Crippen molar-refractivity contribution in [3.63, 3.8) is 0 Å². The van der Waals surface area contributed by atoms with Crippen LogP contribution in [0.15, 0.2) is 46.7 Å². The Kier molecular flexibility index (Phi) is 17.2. The Morgan fingerprint density at radius 1 is 1.21 bits per heavy atom. The lowest BCUT2D eigenvalue weighted by molar-refractivity contribution is -0.149. The van der Waals surface area contributed by atoms with E-state index in [1.165, 1.54) is 18.0 Å². The van der Waals surface area contributed by atoms with E-state index >= 15 is 0 Å². The second-order valence-corrected chi connectivity index (χ2v) is 9.25. The minimum absolute atomic E-state index is 0.0566. The van der Waals surface area contributed by atoms with Crippen molar-refractivity contribution in [1.29, 1.82) is 0 Å². The molecular formula is C28H33IN4O5S. The molecule has 0 bridgehead atoms. The molecule has 2 aliphatic heterocycles. The summed E-state index contributed by atoms with van der Waals surface area (Å²) in [7, 11) is 0. The summed E-state index contributed by atoms with van der Waals surface area (Å²) in [6.45, 7) is 7.52. The number of hydrogen-bond donors (Lipinski definition) is 3. The molecule has 2 amide bonds. The molecule has 39 heavy (non-hydrogen) atoms. The lowest BCUT2D eigenvalue weighted by Crippen LogP contribution is -2.62. The van der Waals surface area contributed by atoms with Gasteiger partial charge in [0.15, 0.2) is 0 Å². The lowest BCUT2D eigenvalue weighted by atomic mass is 9.96. The number of carbonyl (C=O) groups excluding carboxylic acids is 2. The Bertz CT molecular complexity index is 1240. The first-order chi connectivity index (χ1) is 18.9. The highest BCUT2D eigenvalue weighted by molar-refractivity contribution is 14.1. The van der Waals surface area contributed by atoms with Crippen LogP contribution in [-0.2, 0) is 14.4 Å². The maximum Gasteiger partial charge on any atom is 0.352 e. The van der Waals surface area contributed by atoms with E-state index in [0.29, 0.717) is 11.3 Å². The maximum absolute atomic E-state index is 12.4. The topological polar surface area (TPSA) is 132 Å². The van der Waals surface area contributed by atoms with Crippen molar-refractivity contribution < 1.29 is 24.6 Å². The molecule has 9 nitrogen and oxygen atoms in total. The SMILES string of the molecule is C#C.C#C.CC.CC.O=C(CNc1ccnc2cc(I)ccc12)N=CC1C(=O)N2C(C(=O)O)=C(CO)CSC12. The number of halogens is 1. The number of carboxylic acids is 1. The molecule has 2 atom stereocenters. The number of nitrogens with one attached hydrogen (secondary N) is 1. The van der Waals surface area contributed by atoms with E-state index in [-0.39, 0.29) is 12.2 Å². The van der Waals surface area contributed by atoms with E-state index in [1.54, 1.807) is 12.3 Å². The van der Waals surface area contributed by atoms with Gasteiger partial charge in [0, 0.05) is 32.8 Å². The van der Waals surface area contributed by atoms with Crippen LogP contribution in [0.3, 0.4) is 0 Å². The summed E-state index contributed by atoms with van der Waals surface area (Å²) in [6, 6.07) is 7.60. The van der Waals surface area contributed by atoms with Crippen LogP contribution in [0.1, 0.15) is 27.7 Å². The number of aliphatic imine (C=N–C) groups is 1. The van der Waals surface area contributed by atoms with Crippen molar-refractivity contribution in [2.45, 2.75) is 33.1 Å². The summed E-state index contributed by atoms with van der Waals surface area (Å²) >= 11 is 3.55. The molecular weight excluding hydrogens is 631 g/mol. The van der Waals surface area contributed by atoms with E-state index in [9.17, 15) is 24.6 Å². The van der Waals surface area contributed by atoms with Gasteiger partial charge in [0.2, 0.25) is 5.91 Å². The average Bonchev–Trinajstić information content (AvgIpc) is 2.99. The Balaban J connectivity index is 0.00000166. The molecule has 2 aromatic rings. The fourth-order valence-corrected chi connectivity index (χ4v) is 5.32. The smallest absolute Gasteiger partial charge is 0.352 e. The van der Waals surface area contributed by atoms with Crippen LogP contribution >= 0.6 is 34.4 Å². The highest BCUT2D eigenvalue weighted by Gasteiger charge is 2.52. The number of fused-ring (bicyclic) bond motifs is 2. The Morgan fingerprint density at radius 3 is 2.44 bits per heavy atom. The van der Waals surface area contributed by atoms with Crippen LogP contribution in [0.4, 0.5) is 5.69 Å². The van der Waals surface area contributed by atoms with Gasteiger partial charge in [0.05, 0.1) is 24.0 Å². The molecule has 1 aromatic carbocycles. The van der Waals surface area contributed by atoms with Gasteiger partial charge in [-0.05, 0) is 52.4 Å². The molecule has 208 valence electrons. The van der Waals surface area contributed by atoms with Crippen molar-refractivity contribution >= 4 is 74.9 Å². The summed E-state index contributed by atoms with van der Waals surface area (Å²) < 4.78 is 1.06. The number of benzene rings is 1. The van der Waals surface area contributed by atoms with Crippen LogP contribution < -0.4 is 5.32 Å². The summed E-state index contributed by atoms with van der Waals surface area (Å²) in [5.74, 6) is -2.52. The van der Waals surface area contributed by atoms with Crippen molar-refractivity contribution in [2.24, 2.45) is 10.9 Å². The van der Waals surface area contributed by atoms with Crippen LogP contribution in [0, 0.1) is 35.2 Å². The van der Waals surface area contributed by atoms with Gasteiger partial charge in [-0.25, -0.2) is 9.79 Å². The second-order valence-electron chi connectivity index (χ2n) is 6.90. The fourth-order valence-electron chi connectivity index (χ4n) is 3.49. The van der Waals surface area contributed by atoms with Crippen molar-refractivity contribution in [2.75, 3.05) is 24.2 Å². The third kappa shape index (κ3) is 8.82. The fraction of sp³-hybridized carbons (Fsp3) is 0.321. The molecule has 1 saturated heterocycles. The van der Waals surface area contributed by atoms with E-state index in [1.807, 2.05) is 45.9 Å². The summed E-state index contributed by atoms with van der Waals surface area (Å²) in [5.41, 5.74) is 1.70.